The van der Waals surface area contributed by atoms with Crippen LogP contribution in [0.15, 0.2) is 16.8 Å². The first kappa shape index (κ1) is 16.4. The van der Waals surface area contributed by atoms with Crippen molar-refractivity contribution >= 4 is 29.7 Å². The number of aliphatic hydroxyl groups is 1. The van der Waals surface area contributed by atoms with E-state index in [1.165, 1.54) is 11.3 Å². The highest BCUT2D eigenvalue weighted by Gasteiger charge is 2.18. The number of aliphatic hydroxyl groups excluding tert-OH is 1. The maximum atomic E-state index is 11.5. The molecule has 0 spiro atoms. The molecule has 0 saturated carbocycles. The second kappa shape index (κ2) is 7.66. The molecule has 1 amide bonds. The van der Waals surface area contributed by atoms with Gasteiger partial charge in [-0.1, -0.05) is 13.8 Å². The van der Waals surface area contributed by atoms with Crippen LogP contribution in [0.2, 0.25) is 0 Å². The standard InChI is InChI=1S/C11H18N2O2S.ClH/c1-7(2)10(12)11(15)13-5-9(14)8-3-4-16-6-8;/h3-4,6-7,9-10,14H,5,12H2,1-2H3,(H,13,15);1H/t9?,10-;/m1./s1. The molecule has 4 N–H and O–H groups in total. The lowest BCUT2D eigenvalue weighted by Gasteiger charge is -2.17. The van der Waals surface area contributed by atoms with Gasteiger partial charge in [0.05, 0.1) is 12.1 Å². The van der Waals surface area contributed by atoms with Crippen molar-refractivity contribution in [2.24, 2.45) is 11.7 Å². The molecule has 0 radical (unpaired) electrons. The molecular formula is C11H19ClN2O2S. The summed E-state index contributed by atoms with van der Waals surface area (Å²) in [6.07, 6.45) is -0.658. The molecule has 4 nitrogen and oxygen atoms in total. The highest BCUT2D eigenvalue weighted by Crippen LogP contribution is 2.15. The van der Waals surface area contributed by atoms with Gasteiger partial charge in [-0.05, 0) is 28.3 Å². The lowest BCUT2D eigenvalue weighted by Crippen LogP contribution is -2.45. The monoisotopic (exact) mass is 278 g/mol. The Balaban J connectivity index is 0.00000256. The average Bonchev–Trinajstić information content (AvgIpc) is 2.77. The number of nitrogens with one attached hydrogen (secondary N) is 1. The predicted octanol–water partition coefficient (Wildman–Crippen LogP) is 1.30. The van der Waals surface area contributed by atoms with Crippen molar-refractivity contribution in [2.45, 2.75) is 26.0 Å². The number of halogens is 1. The van der Waals surface area contributed by atoms with Gasteiger partial charge in [-0.15, -0.1) is 12.4 Å². The molecule has 17 heavy (non-hydrogen) atoms. The number of nitrogens with two attached hydrogens (primary N) is 1. The second-order valence-electron chi connectivity index (χ2n) is 4.09. The Labute approximate surface area is 112 Å². The molecule has 98 valence electrons. The molecule has 0 fully saturated rings. The number of carbonyl (C=O) groups excluding carboxylic acids is 1. The largest absolute Gasteiger partial charge is 0.387 e. The van der Waals surface area contributed by atoms with Crippen LogP contribution in [0.5, 0.6) is 0 Å². The SMILES string of the molecule is CC(C)[C@@H](N)C(=O)NCC(O)c1ccsc1.Cl. The molecule has 1 heterocycles. The van der Waals surface area contributed by atoms with Crippen LogP contribution in [0.1, 0.15) is 25.5 Å². The molecule has 2 atom stereocenters. The lowest BCUT2D eigenvalue weighted by molar-refractivity contribution is -0.123. The summed E-state index contributed by atoms with van der Waals surface area (Å²) in [6.45, 7) is 3.98. The fourth-order valence-electron chi connectivity index (χ4n) is 1.20. The van der Waals surface area contributed by atoms with E-state index in [-0.39, 0.29) is 30.8 Å². The molecule has 0 saturated heterocycles. The molecule has 1 rings (SSSR count). The van der Waals surface area contributed by atoms with Crippen LogP contribution in [-0.4, -0.2) is 23.6 Å². The van der Waals surface area contributed by atoms with Gasteiger partial charge in [0.15, 0.2) is 0 Å². The van der Waals surface area contributed by atoms with E-state index in [1.807, 2.05) is 30.7 Å². The zero-order chi connectivity index (χ0) is 12.1. The van der Waals surface area contributed by atoms with Crippen LogP contribution in [0.25, 0.3) is 0 Å². The third kappa shape index (κ3) is 5.04. The zero-order valence-electron chi connectivity index (χ0n) is 9.92. The van der Waals surface area contributed by atoms with Crippen molar-refractivity contribution in [3.8, 4) is 0 Å². The molecule has 1 aromatic rings. The van der Waals surface area contributed by atoms with Gasteiger partial charge in [-0.25, -0.2) is 0 Å². The minimum atomic E-state index is -0.658. The number of thiophene rings is 1. The van der Waals surface area contributed by atoms with Crippen molar-refractivity contribution in [1.82, 2.24) is 5.32 Å². The van der Waals surface area contributed by atoms with Crippen LogP contribution >= 0.6 is 23.7 Å². The Hall–Kier alpha value is -0.620. The van der Waals surface area contributed by atoms with Crippen molar-refractivity contribution in [2.75, 3.05) is 6.54 Å². The zero-order valence-corrected chi connectivity index (χ0v) is 11.6. The summed E-state index contributed by atoms with van der Waals surface area (Å²) >= 11 is 1.52. The molecule has 0 aliphatic carbocycles. The number of rotatable bonds is 5. The molecular weight excluding hydrogens is 260 g/mol. The summed E-state index contributed by atoms with van der Waals surface area (Å²) in [6, 6.07) is 1.32. The summed E-state index contributed by atoms with van der Waals surface area (Å²) in [4.78, 5) is 11.5. The molecule has 0 aliphatic heterocycles. The summed E-state index contributed by atoms with van der Waals surface area (Å²) in [5.74, 6) is -0.123. The fourth-order valence-corrected chi connectivity index (χ4v) is 1.91. The fraction of sp³-hybridized carbons (Fsp3) is 0.545. The van der Waals surface area contributed by atoms with Gasteiger partial charge in [-0.2, -0.15) is 11.3 Å². The Bertz CT molecular complexity index is 330. The minimum absolute atomic E-state index is 0. The maximum absolute atomic E-state index is 11.5. The van der Waals surface area contributed by atoms with Crippen molar-refractivity contribution in [3.63, 3.8) is 0 Å². The molecule has 0 bridgehead atoms. The number of amides is 1. The summed E-state index contributed by atoms with van der Waals surface area (Å²) in [7, 11) is 0. The molecule has 0 aliphatic rings. The van der Waals surface area contributed by atoms with E-state index in [0.717, 1.165) is 5.56 Å². The molecule has 6 heteroatoms. The van der Waals surface area contributed by atoms with Gasteiger partial charge in [-0.3, -0.25) is 4.79 Å². The van der Waals surface area contributed by atoms with E-state index in [2.05, 4.69) is 5.32 Å². The van der Waals surface area contributed by atoms with Crippen LogP contribution < -0.4 is 11.1 Å². The number of hydrogen-bond acceptors (Lipinski definition) is 4. The number of hydrogen-bond donors (Lipinski definition) is 3. The van der Waals surface area contributed by atoms with Crippen molar-refractivity contribution in [3.05, 3.63) is 22.4 Å². The van der Waals surface area contributed by atoms with E-state index < -0.39 is 12.1 Å². The van der Waals surface area contributed by atoms with E-state index in [4.69, 9.17) is 5.73 Å². The first-order valence-electron chi connectivity index (χ1n) is 5.25. The second-order valence-corrected chi connectivity index (χ2v) is 4.87. The normalized spacial score (nSPS) is 13.9. The van der Waals surface area contributed by atoms with Gasteiger partial charge >= 0.3 is 0 Å². The van der Waals surface area contributed by atoms with Crippen molar-refractivity contribution in [1.29, 1.82) is 0 Å². The van der Waals surface area contributed by atoms with Gasteiger partial charge in [0.25, 0.3) is 0 Å². The van der Waals surface area contributed by atoms with Crippen LogP contribution in [0, 0.1) is 5.92 Å². The highest BCUT2D eigenvalue weighted by molar-refractivity contribution is 7.07. The lowest BCUT2D eigenvalue weighted by atomic mass is 10.0. The smallest absolute Gasteiger partial charge is 0.237 e. The number of carbonyl (C=O) groups is 1. The summed E-state index contributed by atoms with van der Waals surface area (Å²) in [5.41, 5.74) is 6.50. The van der Waals surface area contributed by atoms with E-state index in [9.17, 15) is 9.90 Å². The third-order valence-electron chi connectivity index (χ3n) is 2.42. The Kier molecular flexibility index (Phi) is 7.38. The van der Waals surface area contributed by atoms with Crippen LogP contribution in [0.3, 0.4) is 0 Å². The van der Waals surface area contributed by atoms with Gasteiger partial charge < -0.3 is 16.2 Å². The Morgan fingerprint density at radius 1 is 1.59 bits per heavy atom. The minimum Gasteiger partial charge on any atom is -0.387 e. The summed E-state index contributed by atoms with van der Waals surface area (Å²) < 4.78 is 0. The first-order valence-corrected chi connectivity index (χ1v) is 6.20. The Morgan fingerprint density at radius 2 is 2.24 bits per heavy atom. The van der Waals surface area contributed by atoms with Gasteiger partial charge in [0, 0.05) is 6.54 Å². The van der Waals surface area contributed by atoms with Crippen LogP contribution in [-0.2, 0) is 4.79 Å². The van der Waals surface area contributed by atoms with E-state index in [1.54, 1.807) is 0 Å². The predicted molar refractivity (Wildman–Crippen MR) is 72.3 cm³/mol. The van der Waals surface area contributed by atoms with E-state index in [0.29, 0.717) is 0 Å². The molecule has 1 unspecified atom stereocenters. The topological polar surface area (TPSA) is 75.4 Å². The average molecular weight is 279 g/mol. The highest BCUT2D eigenvalue weighted by atomic mass is 35.5. The van der Waals surface area contributed by atoms with Crippen molar-refractivity contribution < 1.29 is 9.90 Å². The van der Waals surface area contributed by atoms with Crippen LogP contribution in [0.4, 0.5) is 0 Å². The van der Waals surface area contributed by atoms with Gasteiger partial charge in [0.1, 0.15) is 0 Å². The molecule has 0 aromatic carbocycles. The quantitative estimate of drug-likeness (QED) is 0.760. The Morgan fingerprint density at radius 3 is 2.71 bits per heavy atom. The third-order valence-corrected chi connectivity index (χ3v) is 3.12. The van der Waals surface area contributed by atoms with Gasteiger partial charge in [0.2, 0.25) is 5.91 Å². The van der Waals surface area contributed by atoms with E-state index >= 15 is 0 Å². The summed E-state index contributed by atoms with van der Waals surface area (Å²) in [5, 5.41) is 16.1. The first-order chi connectivity index (χ1) is 7.52. The maximum Gasteiger partial charge on any atom is 0.237 e. The molecule has 1 aromatic heterocycles.